The van der Waals surface area contributed by atoms with Crippen LogP contribution < -0.4 is 0 Å². The summed E-state index contributed by atoms with van der Waals surface area (Å²) in [6.45, 7) is 4.39. The lowest BCUT2D eigenvalue weighted by Crippen LogP contribution is -2.48. The van der Waals surface area contributed by atoms with E-state index in [-0.39, 0.29) is 12.6 Å². The number of piperazine rings is 1. The second-order valence-corrected chi connectivity index (χ2v) is 5.02. The number of carbonyl (C=O) groups is 1. The zero-order valence-corrected chi connectivity index (χ0v) is 11.4. The number of rotatable bonds is 4. The highest BCUT2D eigenvalue weighted by molar-refractivity contribution is 5.69. The average molecular weight is 284 g/mol. The molecule has 1 saturated heterocycles. The second kappa shape index (κ2) is 6.28. The van der Waals surface area contributed by atoms with E-state index in [4.69, 9.17) is 5.11 Å². The zero-order valence-electron chi connectivity index (χ0n) is 11.4. The van der Waals surface area contributed by atoms with Gasteiger partial charge in [-0.15, -0.1) is 0 Å². The zero-order chi connectivity index (χ0) is 14.7. The number of carboxylic acid groups (broad SMARTS) is 1. The fourth-order valence-corrected chi connectivity index (χ4v) is 2.54. The number of hydrogen-bond donors (Lipinski definition) is 1. The normalized spacial score (nSPS) is 18.9. The summed E-state index contributed by atoms with van der Waals surface area (Å²) in [5.41, 5.74) is 0.344. The first-order valence-electron chi connectivity index (χ1n) is 6.61. The van der Waals surface area contributed by atoms with Crippen LogP contribution in [0.4, 0.5) is 8.78 Å². The van der Waals surface area contributed by atoms with E-state index < -0.39 is 17.6 Å². The number of benzene rings is 1. The molecule has 1 unspecified atom stereocenters. The maximum Gasteiger partial charge on any atom is 0.317 e. The van der Waals surface area contributed by atoms with Gasteiger partial charge in [0.05, 0.1) is 6.54 Å². The predicted octanol–water partition coefficient (Wildman–Crippen LogP) is 1.73. The van der Waals surface area contributed by atoms with E-state index in [1.165, 1.54) is 6.07 Å². The molecule has 0 aliphatic carbocycles. The summed E-state index contributed by atoms with van der Waals surface area (Å²) in [6.07, 6.45) is 0. The van der Waals surface area contributed by atoms with E-state index in [1.54, 1.807) is 6.07 Å². The quantitative estimate of drug-likeness (QED) is 0.914. The summed E-state index contributed by atoms with van der Waals surface area (Å²) in [6, 6.07) is 3.98. The Balaban J connectivity index is 1.99. The highest BCUT2D eigenvalue weighted by Crippen LogP contribution is 2.25. The van der Waals surface area contributed by atoms with Crippen LogP contribution in [0.15, 0.2) is 18.2 Å². The van der Waals surface area contributed by atoms with Crippen LogP contribution in [0, 0.1) is 11.6 Å². The first-order chi connectivity index (χ1) is 9.49. The molecule has 2 rings (SSSR count). The fourth-order valence-electron chi connectivity index (χ4n) is 2.54. The van der Waals surface area contributed by atoms with E-state index in [0.29, 0.717) is 31.7 Å². The van der Waals surface area contributed by atoms with Gasteiger partial charge in [-0.05, 0) is 13.0 Å². The first kappa shape index (κ1) is 14.9. The van der Waals surface area contributed by atoms with Crippen LogP contribution >= 0.6 is 0 Å². The minimum Gasteiger partial charge on any atom is -0.480 e. The van der Waals surface area contributed by atoms with Crippen molar-refractivity contribution in [2.45, 2.75) is 13.0 Å². The van der Waals surface area contributed by atoms with Gasteiger partial charge >= 0.3 is 5.97 Å². The van der Waals surface area contributed by atoms with Crippen molar-refractivity contribution >= 4 is 5.97 Å². The van der Waals surface area contributed by atoms with E-state index >= 15 is 0 Å². The highest BCUT2D eigenvalue weighted by atomic mass is 19.2. The molecule has 1 fully saturated rings. The monoisotopic (exact) mass is 284 g/mol. The summed E-state index contributed by atoms with van der Waals surface area (Å²) >= 11 is 0. The molecule has 0 bridgehead atoms. The number of carboxylic acids is 1. The van der Waals surface area contributed by atoms with Crippen molar-refractivity contribution in [3.63, 3.8) is 0 Å². The van der Waals surface area contributed by atoms with Gasteiger partial charge in [-0.3, -0.25) is 14.6 Å². The smallest absolute Gasteiger partial charge is 0.317 e. The minimum atomic E-state index is -0.845. The molecule has 6 heteroatoms. The molecule has 1 aliphatic rings. The first-order valence-corrected chi connectivity index (χ1v) is 6.61. The van der Waals surface area contributed by atoms with Crippen LogP contribution in [-0.2, 0) is 4.79 Å². The Hall–Kier alpha value is -1.53. The summed E-state index contributed by atoms with van der Waals surface area (Å²) < 4.78 is 27.0. The molecular weight excluding hydrogens is 266 g/mol. The van der Waals surface area contributed by atoms with Gasteiger partial charge in [0.15, 0.2) is 11.6 Å². The number of halogens is 2. The molecule has 110 valence electrons. The lowest BCUT2D eigenvalue weighted by Gasteiger charge is -2.37. The third-order valence-electron chi connectivity index (χ3n) is 3.75. The summed E-state index contributed by atoms with van der Waals surface area (Å²) in [5.74, 6) is -2.48. The molecule has 1 aromatic carbocycles. The van der Waals surface area contributed by atoms with Gasteiger partial charge in [-0.1, -0.05) is 12.1 Å². The Morgan fingerprint density at radius 1 is 1.30 bits per heavy atom. The summed E-state index contributed by atoms with van der Waals surface area (Å²) in [4.78, 5) is 14.5. The second-order valence-electron chi connectivity index (χ2n) is 5.02. The fraction of sp³-hybridized carbons (Fsp3) is 0.500. The lowest BCUT2D eigenvalue weighted by molar-refractivity contribution is -0.138. The molecule has 1 aromatic rings. The number of nitrogens with zero attached hydrogens (tertiary/aromatic N) is 2. The van der Waals surface area contributed by atoms with Crippen LogP contribution in [0.3, 0.4) is 0 Å². The Kier molecular flexibility index (Phi) is 4.67. The van der Waals surface area contributed by atoms with E-state index in [9.17, 15) is 13.6 Å². The van der Waals surface area contributed by atoms with Crippen LogP contribution in [0.1, 0.15) is 18.5 Å². The Morgan fingerprint density at radius 3 is 2.55 bits per heavy atom. The van der Waals surface area contributed by atoms with Gasteiger partial charge in [0.1, 0.15) is 0 Å². The van der Waals surface area contributed by atoms with Crippen molar-refractivity contribution in [1.82, 2.24) is 9.80 Å². The maximum absolute atomic E-state index is 13.8. The van der Waals surface area contributed by atoms with Crippen LogP contribution in [0.2, 0.25) is 0 Å². The molecule has 1 aliphatic heterocycles. The standard InChI is InChI=1S/C14H18F2N2O2/c1-10(11-3-2-4-12(15)14(11)16)18-7-5-17(6-8-18)9-13(19)20/h2-4,10H,5-9H2,1H3,(H,19,20). The van der Waals surface area contributed by atoms with Crippen molar-refractivity contribution in [3.05, 3.63) is 35.4 Å². The predicted molar refractivity (Wildman–Crippen MR) is 70.4 cm³/mol. The maximum atomic E-state index is 13.8. The van der Waals surface area contributed by atoms with E-state index in [1.807, 2.05) is 16.7 Å². The van der Waals surface area contributed by atoms with Crippen molar-refractivity contribution in [3.8, 4) is 0 Å². The van der Waals surface area contributed by atoms with Crippen LogP contribution in [-0.4, -0.2) is 53.6 Å². The third-order valence-corrected chi connectivity index (χ3v) is 3.75. The highest BCUT2D eigenvalue weighted by Gasteiger charge is 2.25. The molecule has 1 atom stereocenters. The molecule has 0 amide bonds. The SMILES string of the molecule is CC(c1cccc(F)c1F)N1CCN(CC(=O)O)CC1. The Bertz CT molecular complexity index is 488. The van der Waals surface area contributed by atoms with Crippen molar-refractivity contribution < 1.29 is 18.7 Å². The van der Waals surface area contributed by atoms with Gasteiger partial charge in [-0.2, -0.15) is 0 Å². The third kappa shape index (κ3) is 3.32. The molecule has 0 aromatic heterocycles. The van der Waals surface area contributed by atoms with Gasteiger partial charge in [-0.25, -0.2) is 8.78 Å². The lowest BCUT2D eigenvalue weighted by atomic mass is 10.1. The van der Waals surface area contributed by atoms with E-state index in [2.05, 4.69) is 0 Å². The van der Waals surface area contributed by atoms with Crippen LogP contribution in [0.25, 0.3) is 0 Å². The van der Waals surface area contributed by atoms with Gasteiger partial charge in [0, 0.05) is 37.8 Å². The topological polar surface area (TPSA) is 43.8 Å². The molecule has 0 radical (unpaired) electrons. The number of aliphatic carboxylic acids is 1. The molecule has 20 heavy (non-hydrogen) atoms. The van der Waals surface area contributed by atoms with Crippen molar-refractivity contribution in [2.75, 3.05) is 32.7 Å². The molecule has 0 spiro atoms. The average Bonchev–Trinajstić information content (AvgIpc) is 2.41. The largest absolute Gasteiger partial charge is 0.480 e. The Morgan fingerprint density at radius 2 is 1.95 bits per heavy atom. The molecule has 1 heterocycles. The number of hydrogen-bond acceptors (Lipinski definition) is 3. The summed E-state index contributed by atoms with van der Waals surface area (Å²) in [7, 11) is 0. The minimum absolute atomic E-state index is 0.0244. The van der Waals surface area contributed by atoms with Crippen LogP contribution in [0.5, 0.6) is 0 Å². The van der Waals surface area contributed by atoms with Crippen molar-refractivity contribution in [2.24, 2.45) is 0 Å². The molecule has 0 saturated carbocycles. The van der Waals surface area contributed by atoms with Gasteiger partial charge < -0.3 is 5.11 Å². The Labute approximate surface area is 116 Å². The molecule has 1 N–H and O–H groups in total. The van der Waals surface area contributed by atoms with E-state index in [0.717, 1.165) is 6.07 Å². The molecular formula is C14H18F2N2O2. The van der Waals surface area contributed by atoms with Gasteiger partial charge in [0.25, 0.3) is 0 Å². The van der Waals surface area contributed by atoms with Crippen molar-refractivity contribution in [1.29, 1.82) is 0 Å². The molecule has 4 nitrogen and oxygen atoms in total. The summed E-state index contributed by atoms with van der Waals surface area (Å²) in [5, 5.41) is 8.74. The van der Waals surface area contributed by atoms with Gasteiger partial charge in [0.2, 0.25) is 0 Å².